The van der Waals surface area contributed by atoms with E-state index in [9.17, 15) is 0 Å². The van der Waals surface area contributed by atoms with Crippen molar-refractivity contribution in [1.82, 2.24) is 9.97 Å². The molecule has 8 aromatic carbocycles. The van der Waals surface area contributed by atoms with Gasteiger partial charge in [0.25, 0.3) is 0 Å². The predicted octanol–water partition coefficient (Wildman–Crippen LogP) is 14.2. The van der Waals surface area contributed by atoms with Gasteiger partial charge in [-0.25, -0.2) is 0 Å². The molecule has 0 atom stereocenters. The maximum Gasteiger partial charge on any atom is 0.0773 e. The summed E-state index contributed by atoms with van der Waals surface area (Å²) < 4.78 is 0. The molecule has 0 saturated heterocycles. The van der Waals surface area contributed by atoms with Crippen LogP contribution in [0.5, 0.6) is 0 Å². The van der Waals surface area contributed by atoms with Crippen LogP contribution in [0.15, 0.2) is 194 Å². The Morgan fingerprint density at radius 3 is 1.16 bits per heavy atom. The van der Waals surface area contributed by atoms with Gasteiger partial charge in [0.1, 0.15) is 0 Å². The van der Waals surface area contributed by atoms with E-state index in [-0.39, 0.29) is 39.7 Å². The number of halogens is 2. The molecular weight excluding hydrogens is 819 g/mol. The first-order valence-corrected chi connectivity index (χ1v) is 21.4. The molecule has 0 bridgehead atoms. The second kappa shape index (κ2) is 20.3. The minimum atomic E-state index is 0. The average molecular weight is 859 g/mol. The largest absolute Gasteiger partial charge is 0.256 e. The molecule has 10 rings (SSSR count). The summed E-state index contributed by atoms with van der Waals surface area (Å²) in [6.07, 6.45) is 3.73. The zero-order valence-corrected chi connectivity index (χ0v) is 36.3. The fraction of sp³-hybridized carbons (Fsp3) is 0. The fourth-order valence-corrected chi connectivity index (χ4v) is 7.18. The van der Waals surface area contributed by atoms with E-state index in [2.05, 4.69) is 187 Å². The van der Waals surface area contributed by atoms with Gasteiger partial charge in [-0.05, 0) is 23.3 Å². The third kappa shape index (κ3) is 8.86. The SMILES string of the molecule is Cl.Cl.[CH3-].[CH3-].[Si]=[Zr].c1ccc(-c2cc3c(-c4cccc5cccnc45)cccc3[cH-]2)cc1.c1ccc(-c2cc3c(-c4cccc5cccnc45)cccc3[cH-]2)cc1. The minimum absolute atomic E-state index is 0. The standard InChI is InChI=1S/2C24H16N.2CH3.2ClH.Si.Zr/c2*1-2-7-17(8-3-1)20-15-19-10-5-12-21(23(19)16-20)22-13-4-9-18-11-6-14-25-24(18)22;;;;;;/h2*1-16H;2*1H3;2*1H;;/q4*-1;;;;. The van der Waals surface area contributed by atoms with E-state index in [1.54, 1.807) is 0 Å². The van der Waals surface area contributed by atoms with E-state index in [1.165, 1.54) is 100 Å². The predicted molar refractivity (Wildman–Crippen MR) is 245 cm³/mol. The Balaban J connectivity index is 0.000000223. The van der Waals surface area contributed by atoms with Crippen molar-refractivity contribution in [2.75, 3.05) is 0 Å². The summed E-state index contributed by atoms with van der Waals surface area (Å²) in [7, 11) is 0. The average Bonchev–Trinajstić information content (AvgIpc) is 3.88. The van der Waals surface area contributed by atoms with Gasteiger partial charge in [0.2, 0.25) is 0 Å². The number of hydrogen-bond donors (Lipinski definition) is 0. The van der Waals surface area contributed by atoms with E-state index in [4.69, 9.17) is 0 Å². The number of pyridine rings is 2. The summed E-state index contributed by atoms with van der Waals surface area (Å²) in [4.78, 5) is 9.26. The molecule has 0 saturated carbocycles. The second-order valence-electron chi connectivity index (χ2n) is 12.6. The number of aromatic nitrogens is 2. The molecule has 0 aliphatic carbocycles. The number of fused-ring (bicyclic) bond motifs is 4. The van der Waals surface area contributed by atoms with Crippen LogP contribution >= 0.6 is 24.8 Å². The molecule has 276 valence electrons. The van der Waals surface area contributed by atoms with Crippen molar-refractivity contribution < 1.29 is 23.3 Å². The van der Waals surface area contributed by atoms with Gasteiger partial charge in [0, 0.05) is 34.3 Å². The van der Waals surface area contributed by atoms with Crippen molar-refractivity contribution in [3.8, 4) is 44.5 Å². The van der Waals surface area contributed by atoms with E-state index in [1.807, 2.05) is 24.5 Å². The van der Waals surface area contributed by atoms with Gasteiger partial charge in [0.05, 0.1) is 11.0 Å². The Hall–Kier alpha value is -4.96. The molecule has 0 N–H and O–H groups in total. The molecule has 0 aliphatic heterocycles. The Labute approximate surface area is 359 Å². The van der Waals surface area contributed by atoms with Gasteiger partial charge in [-0.3, -0.25) is 9.97 Å². The molecule has 2 heterocycles. The van der Waals surface area contributed by atoms with Crippen LogP contribution in [0.1, 0.15) is 0 Å². The Morgan fingerprint density at radius 2 is 0.750 bits per heavy atom. The van der Waals surface area contributed by atoms with Gasteiger partial charge in [0.15, 0.2) is 0 Å². The number of rotatable bonds is 4. The topological polar surface area (TPSA) is 25.8 Å². The Bertz CT molecular complexity index is 2590. The van der Waals surface area contributed by atoms with Crippen LogP contribution in [-0.4, -0.2) is 16.8 Å². The molecule has 56 heavy (non-hydrogen) atoms. The molecule has 0 amide bonds. The Kier molecular flexibility index (Phi) is 15.8. The maximum absolute atomic E-state index is 4.63. The monoisotopic (exact) mass is 856 g/mol. The van der Waals surface area contributed by atoms with Crippen molar-refractivity contribution in [3.63, 3.8) is 0 Å². The van der Waals surface area contributed by atoms with Crippen LogP contribution in [0.2, 0.25) is 0 Å². The third-order valence-corrected chi connectivity index (χ3v) is 9.56. The first-order valence-electron chi connectivity index (χ1n) is 17.2. The smallest absolute Gasteiger partial charge is 0.0773 e. The maximum atomic E-state index is 4.63. The van der Waals surface area contributed by atoms with E-state index >= 15 is 0 Å². The number of hydrogen-bond acceptors (Lipinski definition) is 2. The van der Waals surface area contributed by atoms with Gasteiger partial charge in [-0.1, -0.05) is 145 Å². The van der Waals surface area contributed by atoms with Crippen LogP contribution < -0.4 is 0 Å². The first-order chi connectivity index (χ1) is 25.8. The van der Waals surface area contributed by atoms with Gasteiger partial charge in [-0.2, -0.15) is 0 Å². The van der Waals surface area contributed by atoms with Crippen LogP contribution in [0.4, 0.5) is 0 Å². The molecule has 0 aliphatic rings. The van der Waals surface area contributed by atoms with E-state index in [0.29, 0.717) is 0 Å². The zero-order valence-electron chi connectivity index (χ0n) is 31.2. The normalized spacial score (nSPS) is 10.1. The summed E-state index contributed by atoms with van der Waals surface area (Å²) in [5.74, 6) is 0. The van der Waals surface area contributed by atoms with Crippen LogP contribution in [-0.2, 0) is 23.3 Å². The minimum Gasteiger partial charge on any atom is -0.256 e. The summed E-state index contributed by atoms with van der Waals surface area (Å²) in [6.45, 7) is 3.06. The molecule has 10 aromatic rings. The molecule has 0 spiro atoms. The van der Waals surface area contributed by atoms with Gasteiger partial charge >= 0.3 is 30.2 Å². The summed E-state index contributed by atoms with van der Waals surface area (Å²) in [5, 5.41) is 7.44. The molecule has 0 fully saturated rings. The van der Waals surface area contributed by atoms with Crippen molar-refractivity contribution in [1.29, 1.82) is 0 Å². The number of para-hydroxylation sites is 2. The van der Waals surface area contributed by atoms with E-state index < -0.39 is 0 Å². The second-order valence-corrected chi connectivity index (χ2v) is 12.6. The quantitative estimate of drug-likeness (QED) is 0.130. The van der Waals surface area contributed by atoms with Crippen LogP contribution in [0.25, 0.3) is 87.9 Å². The summed E-state index contributed by atoms with van der Waals surface area (Å²) in [6, 6.07) is 64.2. The molecule has 2 radical (unpaired) electrons. The number of benzene rings is 6. The van der Waals surface area contributed by atoms with Gasteiger partial charge in [-0.15, -0.1) is 93.9 Å². The Morgan fingerprint density at radius 1 is 0.393 bits per heavy atom. The fourth-order valence-electron chi connectivity index (χ4n) is 7.18. The van der Waals surface area contributed by atoms with Gasteiger partial charge < -0.3 is 14.9 Å². The molecule has 6 heteroatoms. The van der Waals surface area contributed by atoms with Crippen LogP contribution in [0, 0.1) is 14.9 Å². The molecule has 2 aromatic heterocycles. The number of nitrogens with zero attached hydrogens (tertiary/aromatic N) is 2. The third-order valence-electron chi connectivity index (χ3n) is 9.56. The first kappa shape index (κ1) is 43.8. The van der Waals surface area contributed by atoms with Crippen molar-refractivity contribution in [2.24, 2.45) is 0 Å². The van der Waals surface area contributed by atoms with Crippen LogP contribution in [0.3, 0.4) is 0 Å². The van der Waals surface area contributed by atoms with Crippen molar-refractivity contribution in [3.05, 3.63) is 209 Å². The zero-order chi connectivity index (χ0) is 35.3. The molecule has 0 unspecified atom stereocenters. The van der Waals surface area contributed by atoms with Crippen molar-refractivity contribution >= 4 is 75.0 Å². The van der Waals surface area contributed by atoms with E-state index in [0.717, 1.165) is 11.0 Å². The summed E-state index contributed by atoms with van der Waals surface area (Å²) >= 11 is 1.36. The summed E-state index contributed by atoms with van der Waals surface area (Å²) in [5.41, 5.74) is 12.0. The van der Waals surface area contributed by atoms with Crippen molar-refractivity contribution in [2.45, 2.75) is 0 Å². The molecule has 2 nitrogen and oxygen atoms in total. The molecular formula is C50H40Cl2N2SiZr-4.